The molecule has 0 radical (unpaired) electrons. The van der Waals surface area contributed by atoms with Gasteiger partial charge in [-0.25, -0.2) is 8.78 Å². The summed E-state index contributed by atoms with van der Waals surface area (Å²) in [4.78, 5) is 6.77. The number of benzene rings is 2. The number of nitrogens with two attached hydrogens (primary N) is 1. The van der Waals surface area contributed by atoms with Crippen molar-refractivity contribution in [2.45, 2.75) is 31.8 Å². The van der Waals surface area contributed by atoms with Gasteiger partial charge in [0.15, 0.2) is 0 Å². The number of halogens is 2. The van der Waals surface area contributed by atoms with E-state index >= 15 is 0 Å². The van der Waals surface area contributed by atoms with Gasteiger partial charge in [-0.3, -0.25) is 4.99 Å². The van der Waals surface area contributed by atoms with Crippen LogP contribution >= 0.6 is 0 Å². The molecule has 0 saturated carbocycles. The number of anilines is 1. The van der Waals surface area contributed by atoms with E-state index in [9.17, 15) is 8.78 Å². The van der Waals surface area contributed by atoms with Gasteiger partial charge in [0.2, 0.25) is 0 Å². The Morgan fingerprint density at radius 2 is 1.97 bits per heavy atom. The van der Waals surface area contributed by atoms with E-state index in [1.807, 2.05) is 19.2 Å². The number of aliphatic imine (C=N–C) groups is 1. The van der Waals surface area contributed by atoms with Crippen LogP contribution in [0.3, 0.4) is 0 Å². The third-order valence-corrected chi connectivity index (χ3v) is 5.82. The summed E-state index contributed by atoms with van der Waals surface area (Å²) >= 11 is 0. The predicted molar refractivity (Wildman–Crippen MR) is 116 cm³/mol. The summed E-state index contributed by atoms with van der Waals surface area (Å²) < 4.78 is 33.7. The Balaban J connectivity index is 1.79. The van der Waals surface area contributed by atoms with Crippen molar-refractivity contribution in [2.24, 2.45) is 10.7 Å². The largest absolute Gasteiger partial charge is 0.456 e. The quantitative estimate of drug-likeness (QED) is 0.732. The summed E-state index contributed by atoms with van der Waals surface area (Å²) in [6, 6.07) is 7.78. The first-order chi connectivity index (χ1) is 14.5. The fourth-order valence-corrected chi connectivity index (χ4v) is 3.79. The number of fused-ring (bicyclic) bond motifs is 1. The molecule has 1 saturated heterocycles. The van der Waals surface area contributed by atoms with Crippen molar-refractivity contribution < 1.29 is 13.5 Å². The van der Waals surface area contributed by atoms with Crippen LogP contribution in [0.5, 0.6) is 11.5 Å². The summed E-state index contributed by atoms with van der Waals surface area (Å²) in [5.74, 6) is -0.697. The molecular weight excluding hydrogens is 386 g/mol. The molecule has 2 aliphatic rings. The van der Waals surface area contributed by atoms with Gasteiger partial charge in [0.05, 0.1) is 6.04 Å². The number of nitrogens with zero attached hydrogens (tertiary/aromatic N) is 2. The number of rotatable bonds is 5. The molecule has 4 rings (SSSR count). The van der Waals surface area contributed by atoms with Crippen molar-refractivity contribution >= 4 is 17.5 Å². The fourth-order valence-electron chi connectivity index (χ4n) is 3.79. The second-order valence-electron chi connectivity index (χ2n) is 7.86. The third-order valence-electron chi connectivity index (χ3n) is 5.82. The minimum atomic E-state index is -0.685. The molecule has 0 aromatic heterocycles. The molecule has 0 aliphatic carbocycles. The molecule has 158 valence electrons. The summed E-state index contributed by atoms with van der Waals surface area (Å²) in [7, 11) is 2.04. The maximum atomic E-state index is 13.8. The lowest BCUT2D eigenvalue weighted by atomic mass is 9.92. The van der Waals surface area contributed by atoms with Gasteiger partial charge in [0.25, 0.3) is 0 Å². The smallest absolute Gasteiger partial charge is 0.140 e. The third kappa shape index (κ3) is 4.03. The van der Waals surface area contributed by atoms with Crippen molar-refractivity contribution in [3.63, 3.8) is 0 Å². The number of hydrogen-bond acceptors (Lipinski definition) is 5. The van der Waals surface area contributed by atoms with Crippen molar-refractivity contribution in [1.29, 1.82) is 0 Å². The fraction of sp³-hybridized carbons (Fsp3) is 0.348. The van der Waals surface area contributed by atoms with Crippen LogP contribution < -0.4 is 20.7 Å². The first kappa shape index (κ1) is 20.3. The maximum Gasteiger partial charge on any atom is 0.140 e. The van der Waals surface area contributed by atoms with E-state index in [1.54, 1.807) is 6.21 Å². The van der Waals surface area contributed by atoms with Crippen LogP contribution in [-0.2, 0) is 6.42 Å². The first-order valence-electron chi connectivity index (χ1n) is 10.1. The Hall–Kier alpha value is -2.93. The van der Waals surface area contributed by atoms with Crippen LogP contribution in [0.1, 0.15) is 24.5 Å². The Bertz CT molecular complexity index is 981. The molecular formula is C23H26F2N4O. The van der Waals surface area contributed by atoms with Crippen molar-refractivity contribution in [3.8, 4) is 11.5 Å². The van der Waals surface area contributed by atoms with E-state index in [0.29, 0.717) is 17.4 Å². The highest BCUT2D eigenvalue weighted by Gasteiger charge is 2.26. The van der Waals surface area contributed by atoms with Gasteiger partial charge >= 0.3 is 0 Å². The van der Waals surface area contributed by atoms with Crippen LogP contribution in [-0.4, -0.2) is 38.4 Å². The van der Waals surface area contributed by atoms with Crippen molar-refractivity contribution in [1.82, 2.24) is 5.32 Å². The second kappa shape index (κ2) is 8.44. The van der Waals surface area contributed by atoms with Gasteiger partial charge < -0.3 is 20.7 Å². The molecule has 5 nitrogen and oxygen atoms in total. The number of ether oxygens (including phenoxy) is 1. The highest BCUT2D eigenvalue weighted by molar-refractivity contribution is 6.11. The van der Waals surface area contributed by atoms with Gasteiger partial charge in [0, 0.05) is 79.2 Å². The van der Waals surface area contributed by atoms with Crippen molar-refractivity contribution in [3.05, 3.63) is 59.3 Å². The Morgan fingerprint density at radius 1 is 1.23 bits per heavy atom. The second-order valence-corrected chi connectivity index (χ2v) is 7.86. The van der Waals surface area contributed by atoms with E-state index < -0.39 is 11.6 Å². The molecule has 7 heteroatoms. The molecule has 0 bridgehead atoms. The average molecular weight is 412 g/mol. The summed E-state index contributed by atoms with van der Waals surface area (Å²) in [6.45, 7) is 3.85. The van der Waals surface area contributed by atoms with Crippen LogP contribution in [0.4, 0.5) is 14.5 Å². The molecule has 2 aromatic rings. The Morgan fingerprint density at radius 3 is 2.60 bits per heavy atom. The highest BCUT2D eigenvalue weighted by Crippen LogP contribution is 2.42. The van der Waals surface area contributed by atoms with E-state index in [-0.39, 0.29) is 11.8 Å². The molecule has 3 N–H and O–H groups in total. The van der Waals surface area contributed by atoms with E-state index in [0.717, 1.165) is 48.8 Å². The highest BCUT2D eigenvalue weighted by atomic mass is 19.1. The minimum absolute atomic E-state index is 0.111. The molecule has 0 spiro atoms. The Kier molecular flexibility index (Phi) is 5.72. The van der Waals surface area contributed by atoms with E-state index in [2.05, 4.69) is 22.1 Å². The van der Waals surface area contributed by atoms with Crippen LogP contribution in [0, 0.1) is 11.6 Å². The molecule has 2 aliphatic heterocycles. The SMILES string of the molecule is CC1CCc2c(ccc(C(C=NC3CNC3)=CN)c2Oc2cc(F)cc(F)c2)N1C. The minimum Gasteiger partial charge on any atom is -0.456 e. The number of allylic oxidation sites excluding steroid dienone is 1. The molecule has 2 aromatic carbocycles. The predicted octanol–water partition coefficient (Wildman–Crippen LogP) is 3.87. The van der Waals surface area contributed by atoms with Crippen molar-refractivity contribution in [2.75, 3.05) is 25.0 Å². The zero-order valence-corrected chi connectivity index (χ0v) is 17.2. The number of nitrogens with one attached hydrogen (secondary N) is 1. The lowest BCUT2D eigenvalue weighted by Gasteiger charge is -2.35. The van der Waals surface area contributed by atoms with Gasteiger partial charge in [-0.05, 0) is 31.9 Å². The summed E-state index contributed by atoms with van der Waals surface area (Å²) in [5.41, 5.74) is 9.43. The molecule has 1 unspecified atom stereocenters. The zero-order valence-electron chi connectivity index (χ0n) is 17.2. The summed E-state index contributed by atoms with van der Waals surface area (Å²) in [6.07, 6.45) is 4.99. The average Bonchev–Trinajstić information content (AvgIpc) is 2.66. The molecule has 30 heavy (non-hydrogen) atoms. The van der Waals surface area contributed by atoms with Gasteiger partial charge in [0.1, 0.15) is 23.1 Å². The normalized spacial score (nSPS) is 19.7. The van der Waals surface area contributed by atoms with E-state index in [4.69, 9.17) is 10.5 Å². The molecule has 2 heterocycles. The zero-order chi connectivity index (χ0) is 21.3. The number of hydrogen-bond donors (Lipinski definition) is 2. The van der Waals surface area contributed by atoms with Crippen LogP contribution in [0.15, 0.2) is 41.5 Å². The monoisotopic (exact) mass is 412 g/mol. The van der Waals surface area contributed by atoms with Crippen LogP contribution in [0.25, 0.3) is 5.57 Å². The summed E-state index contributed by atoms with van der Waals surface area (Å²) in [5, 5.41) is 3.18. The van der Waals surface area contributed by atoms with Crippen LogP contribution in [0.2, 0.25) is 0 Å². The Labute approximate surface area is 175 Å². The topological polar surface area (TPSA) is 62.9 Å². The first-order valence-corrected chi connectivity index (χ1v) is 10.1. The molecule has 1 fully saturated rings. The molecule has 0 amide bonds. The van der Waals surface area contributed by atoms with Gasteiger partial charge in [-0.2, -0.15) is 0 Å². The van der Waals surface area contributed by atoms with E-state index in [1.165, 1.54) is 18.3 Å². The maximum absolute atomic E-state index is 13.8. The van der Waals surface area contributed by atoms with Gasteiger partial charge in [-0.15, -0.1) is 0 Å². The standard InChI is InChI=1S/C23H26F2N4O/c1-14-3-4-21-22(29(14)2)6-5-20(15(10-26)11-28-18-12-27-13-18)23(21)30-19-8-16(24)7-17(25)9-19/h5-11,14,18,27H,3-4,12-13,26H2,1-2H3. The lowest BCUT2D eigenvalue weighted by Crippen LogP contribution is -2.45. The lowest BCUT2D eigenvalue weighted by molar-refractivity contribution is 0.449. The van der Waals surface area contributed by atoms with Gasteiger partial charge in [-0.1, -0.05) is 0 Å². The molecule has 1 atom stereocenters.